The van der Waals surface area contributed by atoms with E-state index in [9.17, 15) is 14.4 Å². The third-order valence-corrected chi connectivity index (χ3v) is 4.75. The van der Waals surface area contributed by atoms with Crippen LogP contribution in [0.25, 0.3) is 11.5 Å². The van der Waals surface area contributed by atoms with E-state index in [1.54, 1.807) is 37.3 Å². The molecule has 10 nitrogen and oxygen atoms in total. The van der Waals surface area contributed by atoms with Crippen LogP contribution >= 0.6 is 11.3 Å². The Bertz CT molecular complexity index is 1270. The Hall–Kier alpha value is -4.06. The lowest BCUT2D eigenvalue weighted by atomic mass is 10.3. The van der Waals surface area contributed by atoms with Gasteiger partial charge in [-0.3, -0.25) is 19.0 Å². The molecular weight excluding hydrogens is 420 g/mol. The first-order chi connectivity index (χ1) is 14.9. The molecule has 1 aromatic carbocycles. The summed E-state index contributed by atoms with van der Waals surface area (Å²) in [6, 6.07) is 8.51. The van der Waals surface area contributed by atoms with Crippen LogP contribution in [0.2, 0.25) is 0 Å². The van der Waals surface area contributed by atoms with Crippen LogP contribution in [0.4, 0.5) is 5.69 Å². The molecule has 0 atom stereocenters. The highest BCUT2D eigenvalue weighted by Crippen LogP contribution is 2.17. The summed E-state index contributed by atoms with van der Waals surface area (Å²) >= 11 is 1.02. The van der Waals surface area contributed by atoms with Crippen LogP contribution in [0.5, 0.6) is 5.75 Å². The number of nitrogens with two attached hydrogens (primary N) is 2. The Labute approximate surface area is 181 Å². The van der Waals surface area contributed by atoms with Gasteiger partial charge in [0.2, 0.25) is 0 Å². The van der Waals surface area contributed by atoms with Crippen LogP contribution in [-0.2, 0) is 16.1 Å². The number of rotatable bonds is 8. The Kier molecular flexibility index (Phi) is 8.40. The van der Waals surface area contributed by atoms with Crippen molar-refractivity contribution in [3.05, 3.63) is 55.6 Å². The number of hydrogen-bond acceptors (Lipinski definition) is 8. The summed E-state index contributed by atoms with van der Waals surface area (Å²) in [6.45, 7) is 1.93. The SMILES string of the molecule is CCn1c(=C=C(C#N)C(N)=O)sc(=C=CNc2cccc(OCC(=O)NCN)c2)c1=O. The molecule has 11 heteroatoms. The van der Waals surface area contributed by atoms with Crippen LogP contribution in [0, 0.1) is 11.3 Å². The van der Waals surface area contributed by atoms with Gasteiger partial charge in [0.25, 0.3) is 17.4 Å². The van der Waals surface area contributed by atoms with Crippen molar-refractivity contribution in [2.45, 2.75) is 13.5 Å². The van der Waals surface area contributed by atoms with Gasteiger partial charge < -0.3 is 26.8 Å². The number of benzene rings is 1. The first-order valence-electron chi connectivity index (χ1n) is 9.01. The second-order valence-corrected chi connectivity index (χ2v) is 6.81. The van der Waals surface area contributed by atoms with Crippen molar-refractivity contribution < 1.29 is 14.3 Å². The smallest absolute Gasteiger partial charge is 0.277 e. The lowest BCUT2D eigenvalue weighted by molar-refractivity contribution is -0.123. The third-order valence-electron chi connectivity index (χ3n) is 3.73. The van der Waals surface area contributed by atoms with E-state index in [1.165, 1.54) is 10.8 Å². The first kappa shape index (κ1) is 23.2. The van der Waals surface area contributed by atoms with Gasteiger partial charge in [-0.15, -0.1) is 0 Å². The number of amides is 2. The van der Waals surface area contributed by atoms with E-state index in [0.29, 0.717) is 22.6 Å². The largest absolute Gasteiger partial charge is 0.484 e. The molecule has 0 saturated heterocycles. The number of carbonyl (C=O) groups excluding carboxylic acids is 2. The molecule has 0 spiro atoms. The van der Waals surface area contributed by atoms with Gasteiger partial charge in [0.1, 0.15) is 21.0 Å². The Morgan fingerprint density at radius 1 is 1.39 bits per heavy atom. The molecule has 1 aromatic heterocycles. The van der Waals surface area contributed by atoms with Gasteiger partial charge in [-0.25, -0.2) is 0 Å². The number of thiazole rings is 1. The summed E-state index contributed by atoms with van der Waals surface area (Å²) in [5.74, 6) is -0.791. The van der Waals surface area contributed by atoms with E-state index in [0.717, 1.165) is 11.3 Å². The number of hydrogen-bond donors (Lipinski definition) is 4. The number of nitriles is 1. The number of aromatic nitrogens is 1. The molecule has 0 bridgehead atoms. The fourth-order valence-electron chi connectivity index (χ4n) is 2.31. The topological polar surface area (TPSA) is 165 Å². The zero-order valence-corrected chi connectivity index (χ0v) is 17.4. The summed E-state index contributed by atoms with van der Waals surface area (Å²) in [5, 5.41) is 14.4. The van der Waals surface area contributed by atoms with Crippen molar-refractivity contribution in [2.75, 3.05) is 18.6 Å². The number of nitrogens with one attached hydrogen (secondary N) is 2. The molecule has 2 rings (SSSR count). The van der Waals surface area contributed by atoms with E-state index in [-0.39, 0.29) is 34.8 Å². The predicted molar refractivity (Wildman–Crippen MR) is 116 cm³/mol. The normalized spacial score (nSPS) is 9.58. The van der Waals surface area contributed by atoms with Crippen molar-refractivity contribution >= 4 is 40.3 Å². The number of ether oxygens (including phenoxy) is 1. The molecule has 160 valence electrons. The van der Waals surface area contributed by atoms with Gasteiger partial charge in [-0.1, -0.05) is 28.9 Å². The maximum absolute atomic E-state index is 12.5. The molecule has 0 aliphatic heterocycles. The summed E-state index contributed by atoms with van der Waals surface area (Å²) in [4.78, 5) is 35.2. The molecule has 0 aliphatic rings. The zero-order chi connectivity index (χ0) is 22.8. The number of carbonyl (C=O) groups is 2. The molecular formula is C20H20N6O4S. The van der Waals surface area contributed by atoms with Gasteiger partial charge in [0.15, 0.2) is 12.2 Å². The highest BCUT2D eigenvalue weighted by molar-refractivity contribution is 7.07. The Morgan fingerprint density at radius 2 is 2.16 bits per heavy atom. The highest BCUT2D eigenvalue weighted by Gasteiger charge is 2.05. The molecule has 2 amide bonds. The Morgan fingerprint density at radius 3 is 2.81 bits per heavy atom. The summed E-state index contributed by atoms with van der Waals surface area (Å²) in [7, 11) is 0. The van der Waals surface area contributed by atoms with Crippen molar-refractivity contribution in [3.63, 3.8) is 0 Å². The third kappa shape index (κ3) is 6.47. The molecule has 0 aliphatic carbocycles. The minimum Gasteiger partial charge on any atom is -0.484 e. The fourth-order valence-corrected chi connectivity index (χ4v) is 3.29. The van der Waals surface area contributed by atoms with Crippen molar-refractivity contribution in [1.29, 1.82) is 5.26 Å². The van der Waals surface area contributed by atoms with Crippen LogP contribution in [-0.4, -0.2) is 29.7 Å². The maximum atomic E-state index is 12.5. The van der Waals surface area contributed by atoms with Crippen molar-refractivity contribution in [2.24, 2.45) is 11.5 Å². The number of anilines is 1. The monoisotopic (exact) mass is 440 g/mol. The lowest BCUT2D eigenvalue weighted by Gasteiger charge is -2.07. The first-order valence-corrected chi connectivity index (χ1v) is 9.83. The van der Waals surface area contributed by atoms with E-state index in [2.05, 4.69) is 22.1 Å². The van der Waals surface area contributed by atoms with Gasteiger partial charge >= 0.3 is 0 Å². The van der Waals surface area contributed by atoms with Gasteiger partial charge in [-0.2, -0.15) is 5.26 Å². The second kappa shape index (κ2) is 11.2. The molecule has 0 unspecified atom stereocenters. The minimum atomic E-state index is -0.920. The van der Waals surface area contributed by atoms with Crippen LogP contribution in [0.3, 0.4) is 0 Å². The van der Waals surface area contributed by atoms with E-state index >= 15 is 0 Å². The van der Waals surface area contributed by atoms with Crippen LogP contribution in [0.15, 0.2) is 40.8 Å². The average molecular weight is 440 g/mol. The molecule has 31 heavy (non-hydrogen) atoms. The minimum absolute atomic E-state index is 0.0302. The standard InChI is InChI=1S/C20H20N6O4S/c1-2-26-18(8-13(10-21)19(23)28)31-16(20(26)29)6-7-24-14-4-3-5-15(9-14)30-11-17(27)25-12-22/h3-5,7,9,24H,2,11-12,22H2,1H3,(H2,23,28)(H,25,27). The molecule has 1 heterocycles. The summed E-state index contributed by atoms with van der Waals surface area (Å²) < 4.78 is 7.29. The van der Waals surface area contributed by atoms with E-state index in [4.69, 9.17) is 21.5 Å². The second-order valence-electron chi connectivity index (χ2n) is 5.82. The fraction of sp³-hybridized carbons (Fsp3) is 0.200. The van der Waals surface area contributed by atoms with Gasteiger partial charge in [-0.05, 0) is 19.1 Å². The molecule has 0 fully saturated rings. The van der Waals surface area contributed by atoms with Crippen LogP contribution in [0.1, 0.15) is 6.92 Å². The average Bonchev–Trinajstić information content (AvgIpc) is 3.05. The molecule has 0 saturated carbocycles. The van der Waals surface area contributed by atoms with Gasteiger partial charge in [0, 0.05) is 24.5 Å². The summed E-state index contributed by atoms with van der Waals surface area (Å²) in [6.07, 6.45) is 1.44. The number of primary amides is 1. The van der Waals surface area contributed by atoms with Crippen molar-refractivity contribution in [1.82, 2.24) is 9.88 Å². The quantitative estimate of drug-likeness (QED) is 0.224. The summed E-state index contributed by atoms with van der Waals surface area (Å²) in [5.41, 5.74) is 15.7. The predicted octanol–water partition coefficient (Wildman–Crippen LogP) is -1.34. The Balaban J connectivity index is 2.33. The van der Waals surface area contributed by atoms with Crippen LogP contribution < -0.4 is 41.6 Å². The lowest BCUT2D eigenvalue weighted by Crippen LogP contribution is -2.33. The van der Waals surface area contributed by atoms with Crippen molar-refractivity contribution in [3.8, 4) is 11.8 Å². The molecule has 2 aromatic rings. The van der Waals surface area contributed by atoms with Gasteiger partial charge in [0.05, 0.1) is 6.67 Å². The number of nitrogens with zero attached hydrogens (tertiary/aromatic N) is 2. The van der Waals surface area contributed by atoms with E-state index < -0.39 is 5.91 Å². The zero-order valence-electron chi connectivity index (χ0n) is 16.6. The van der Waals surface area contributed by atoms with E-state index in [1.807, 2.05) is 0 Å². The maximum Gasteiger partial charge on any atom is 0.277 e. The molecule has 6 N–H and O–H groups in total. The highest BCUT2D eigenvalue weighted by atomic mass is 32.1. The molecule has 0 radical (unpaired) electrons.